The molecule has 1 saturated heterocycles. The molecule has 2 aromatic rings. The lowest BCUT2D eigenvalue weighted by molar-refractivity contribution is -0.123. The first-order chi connectivity index (χ1) is 15.8. The molecule has 2 heterocycles. The molecule has 2 aromatic carbocycles. The molecule has 33 heavy (non-hydrogen) atoms. The summed E-state index contributed by atoms with van der Waals surface area (Å²) in [4.78, 5) is 50.3. The van der Waals surface area contributed by atoms with Crippen LogP contribution in [0, 0.1) is 11.6 Å². The van der Waals surface area contributed by atoms with Crippen LogP contribution in [-0.2, 0) is 19.1 Å². The standard InChI is InChI=1S/C21H17F2N5O5/c1-2-33-21(32)11-3-5-12(6-4-11)24-16(29)10-27-18-17(25-26-27)19(30)28(20(18)31)13-7-8-14(22)15(23)9-13/h3-9,17-18H,2,10H2,1H3,(H,24,29)/t17-,18-/m0/s1. The van der Waals surface area contributed by atoms with Crippen molar-refractivity contribution in [2.24, 2.45) is 10.3 Å². The van der Waals surface area contributed by atoms with Crippen LogP contribution in [0.15, 0.2) is 52.8 Å². The van der Waals surface area contributed by atoms with E-state index in [1.54, 1.807) is 6.92 Å². The lowest BCUT2D eigenvalue weighted by atomic mass is 10.1. The number of imide groups is 1. The van der Waals surface area contributed by atoms with Crippen LogP contribution >= 0.6 is 0 Å². The van der Waals surface area contributed by atoms with Gasteiger partial charge >= 0.3 is 5.97 Å². The van der Waals surface area contributed by atoms with Gasteiger partial charge in [-0.3, -0.25) is 19.4 Å². The molecule has 1 fully saturated rings. The van der Waals surface area contributed by atoms with Gasteiger partial charge in [0.25, 0.3) is 11.8 Å². The number of hydrogen-bond acceptors (Lipinski definition) is 8. The number of nitrogens with one attached hydrogen (secondary N) is 1. The van der Waals surface area contributed by atoms with Gasteiger partial charge in [-0.05, 0) is 43.3 Å². The summed E-state index contributed by atoms with van der Waals surface area (Å²) >= 11 is 0. The van der Waals surface area contributed by atoms with E-state index in [9.17, 15) is 28.0 Å². The fourth-order valence-corrected chi connectivity index (χ4v) is 3.48. The molecule has 3 amide bonds. The normalized spacial score (nSPS) is 19.1. The van der Waals surface area contributed by atoms with Crippen LogP contribution in [-0.4, -0.2) is 53.9 Å². The Bertz CT molecular complexity index is 1170. The van der Waals surface area contributed by atoms with Crippen molar-refractivity contribution in [2.45, 2.75) is 19.0 Å². The Morgan fingerprint density at radius 3 is 2.45 bits per heavy atom. The number of hydrogen-bond donors (Lipinski definition) is 1. The number of fused-ring (bicyclic) bond motifs is 1. The largest absolute Gasteiger partial charge is 0.462 e. The smallest absolute Gasteiger partial charge is 0.338 e. The predicted molar refractivity (Wildman–Crippen MR) is 109 cm³/mol. The average Bonchev–Trinajstić information content (AvgIpc) is 3.30. The fourth-order valence-electron chi connectivity index (χ4n) is 3.48. The van der Waals surface area contributed by atoms with Crippen LogP contribution in [0.1, 0.15) is 17.3 Å². The Labute approximate surface area is 185 Å². The summed E-state index contributed by atoms with van der Waals surface area (Å²) in [7, 11) is 0. The van der Waals surface area contributed by atoms with Gasteiger partial charge in [-0.15, -0.1) is 0 Å². The third-order valence-electron chi connectivity index (χ3n) is 5.00. The van der Waals surface area contributed by atoms with Gasteiger partial charge in [-0.2, -0.15) is 5.11 Å². The van der Waals surface area contributed by atoms with Gasteiger partial charge in [0.05, 0.1) is 17.9 Å². The minimum absolute atomic E-state index is 0.139. The molecule has 0 radical (unpaired) electrons. The van der Waals surface area contributed by atoms with Crippen LogP contribution in [0.3, 0.4) is 0 Å². The molecule has 2 atom stereocenters. The highest BCUT2D eigenvalue weighted by Gasteiger charge is 2.55. The number of carbonyl (C=O) groups is 4. The van der Waals surface area contributed by atoms with Crippen molar-refractivity contribution in [3.63, 3.8) is 0 Å². The molecule has 2 aliphatic heterocycles. The lowest BCUT2D eigenvalue weighted by Gasteiger charge is -2.20. The first-order valence-electron chi connectivity index (χ1n) is 9.87. The Morgan fingerprint density at radius 1 is 1.06 bits per heavy atom. The van der Waals surface area contributed by atoms with Crippen LogP contribution in [0.5, 0.6) is 0 Å². The SMILES string of the molecule is CCOC(=O)c1ccc(NC(=O)CN2N=N[C@@H]3C(=O)N(c4ccc(F)c(F)c4)C(=O)[C@H]32)cc1. The molecule has 0 saturated carbocycles. The van der Waals surface area contributed by atoms with Crippen LogP contribution in [0.4, 0.5) is 20.2 Å². The third kappa shape index (κ3) is 4.14. The van der Waals surface area contributed by atoms with Crippen molar-refractivity contribution in [1.29, 1.82) is 0 Å². The average molecular weight is 457 g/mol. The highest BCUT2D eigenvalue weighted by molar-refractivity contribution is 6.25. The van der Waals surface area contributed by atoms with E-state index in [0.717, 1.165) is 23.2 Å². The second kappa shape index (κ2) is 8.73. The van der Waals surface area contributed by atoms with Crippen LogP contribution in [0.25, 0.3) is 0 Å². The number of rotatable bonds is 6. The summed E-state index contributed by atoms with van der Waals surface area (Å²) < 4.78 is 31.7. The predicted octanol–water partition coefficient (Wildman–Crippen LogP) is 2.07. The number of anilines is 2. The molecule has 170 valence electrons. The second-order valence-electron chi connectivity index (χ2n) is 7.15. The first kappa shape index (κ1) is 22.0. The maximum Gasteiger partial charge on any atom is 0.338 e. The van der Waals surface area contributed by atoms with Gasteiger partial charge in [0, 0.05) is 11.8 Å². The highest BCUT2D eigenvalue weighted by Crippen LogP contribution is 2.32. The van der Waals surface area contributed by atoms with Gasteiger partial charge in [-0.1, -0.05) is 5.22 Å². The molecule has 2 aliphatic rings. The summed E-state index contributed by atoms with van der Waals surface area (Å²) in [6.45, 7) is 1.53. The maximum absolute atomic E-state index is 13.6. The molecule has 4 rings (SSSR count). The minimum Gasteiger partial charge on any atom is -0.462 e. The zero-order valence-corrected chi connectivity index (χ0v) is 17.2. The molecule has 0 spiro atoms. The Kier molecular flexibility index (Phi) is 5.82. The van der Waals surface area contributed by atoms with Crippen molar-refractivity contribution in [2.75, 3.05) is 23.4 Å². The molecular weight excluding hydrogens is 440 g/mol. The summed E-state index contributed by atoms with van der Waals surface area (Å²) in [5.41, 5.74) is 0.566. The number of carbonyl (C=O) groups excluding carboxylic acids is 4. The molecule has 0 unspecified atom stereocenters. The Morgan fingerprint density at radius 2 is 1.79 bits per heavy atom. The van der Waals surface area contributed by atoms with E-state index in [1.165, 1.54) is 24.3 Å². The fraction of sp³-hybridized carbons (Fsp3) is 0.238. The van der Waals surface area contributed by atoms with E-state index in [0.29, 0.717) is 16.2 Å². The van der Waals surface area contributed by atoms with Crippen molar-refractivity contribution in [3.8, 4) is 0 Å². The summed E-state index contributed by atoms with van der Waals surface area (Å²) in [6, 6.07) is 6.25. The monoisotopic (exact) mass is 457 g/mol. The third-order valence-corrected chi connectivity index (χ3v) is 5.00. The number of ether oxygens (including phenoxy) is 1. The van der Waals surface area contributed by atoms with Gasteiger partial charge in [-0.25, -0.2) is 18.5 Å². The highest BCUT2D eigenvalue weighted by atomic mass is 19.2. The molecule has 0 aliphatic carbocycles. The molecule has 1 N–H and O–H groups in total. The Balaban J connectivity index is 1.42. The lowest BCUT2D eigenvalue weighted by Crippen LogP contribution is -2.43. The van der Waals surface area contributed by atoms with Crippen molar-refractivity contribution in [1.82, 2.24) is 5.01 Å². The van der Waals surface area contributed by atoms with E-state index in [2.05, 4.69) is 15.7 Å². The summed E-state index contributed by atoms with van der Waals surface area (Å²) in [5, 5.41) is 11.2. The molecule has 0 aromatic heterocycles. The van der Waals surface area contributed by atoms with E-state index in [1.807, 2.05) is 0 Å². The van der Waals surface area contributed by atoms with Gasteiger partial charge < -0.3 is 10.1 Å². The number of esters is 1. The number of amides is 3. The molecular formula is C21H17F2N5O5. The van der Waals surface area contributed by atoms with Crippen molar-refractivity contribution < 1.29 is 32.7 Å². The number of halogens is 2. The van der Waals surface area contributed by atoms with E-state index in [4.69, 9.17) is 4.74 Å². The van der Waals surface area contributed by atoms with Crippen molar-refractivity contribution >= 4 is 35.1 Å². The van der Waals surface area contributed by atoms with Crippen molar-refractivity contribution in [3.05, 3.63) is 59.7 Å². The first-order valence-corrected chi connectivity index (χ1v) is 9.87. The van der Waals surface area contributed by atoms with Crippen LogP contribution < -0.4 is 10.2 Å². The van der Waals surface area contributed by atoms with E-state index < -0.39 is 54.0 Å². The second-order valence-corrected chi connectivity index (χ2v) is 7.15. The zero-order valence-electron chi connectivity index (χ0n) is 17.2. The number of benzene rings is 2. The van der Waals surface area contributed by atoms with Gasteiger partial charge in [0.15, 0.2) is 23.7 Å². The van der Waals surface area contributed by atoms with Gasteiger partial charge in [0.1, 0.15) is 6.54 Å². The van der Waals surface area contributed by atoms with Gasteiger partial charge in [0.2, 0.25) is 5.91 Å². The quantitative estimate of drug-likeness (QED) is 0.524. The molecule has 10 nitrogen and oxygen atoms in total. The zero-order chi connectivity index (χ0) is 23.7. The number of nitrogens with zero attached hydrogens (tertiary/aromatic N) is 4. The molecule has 12 heteroatoms. The maximum atomic E-state index is 13.6. The summed E-state index contributed by atoms with van der Waals surface area (Å²) in [6.07, 6.45) is 0. The van der Waals surface area contributed by atoms with E-state index in [-0.39, 0.29) is 12.3 Å². The topological polar surface area (TPSA) is 121 Å². The van der Waals surface area contributed by atoms with E-state index >= 15 is 0 Å². The summed E-state index contributed by atoms with van der Waals surface area (Å²) in [5.74, 6) is -4.88. The molecule has 0 bridgehead atoms. The van der Waals surface area contributed by atoms with Crippen LogP contribution in [0.2, 0.25) is 0 Å². The Hall–Kier alpha value is -4.22. The minimum atomic E-state index is -1.21.